The Bertz CT molecular complexity index is 1250. The summed E-state index contributed by atoms with van der Waals surface area (Å²) in [6.45, 7) is 1.72. The molecule has 0 saturated heterocycles. The van der Waals surface area contributed by atoms with E-state index >= 15 is 0 Å². The number of hydrogen-bond donors (Lipinski definition) is 2. The molecule has 32 heavy (non-hydrogen) atoms. The number of nitro benzene ring substituents is 1. The molecule has 1 aliphatic carbocycles. The molecule has 0 unspecified atom stereocenters. The molecule has 0 amide bonds. The van der Waals surface area contributed by atoms with Crippen LogP contribution in [0.4, 0.5) is 17.1 Å². The zero-order valence-electron chi connectivity index (χ0n) is 17.7. The van der Waals surface area contributed by atoms with Crippen LogP contribution in [-0.2, 0) is 4.79 Å². The number of aryl methyl sites for hydroxylation is 1. The highest BCUT2D eigenvalue weighted by Gasteiger charge is 2.36. The molecule has 1 heterocycles. The Balaban J connectivity index is 1.64. The average molecular weight is 425 g/mol. The first-order chi connectivity index (χ1) is 15.5. The van der Waals surface area contributed by atoms with Gasteiger partial charge in [0, 0.05) is 29.3 Å². The summed E-state index contributed by atoms with van der Waals surface area (Å²) in [6.07, 6.45) is 1.11. The van der Waals surface area contributed by atoms with Crippen molar-refractivity contribution in [2.24, 2.45) is 0 Å². The first-order valence-corrected chi connectivity index (χ1v) is 10.7. The number of Topliss-reactive ketones (excluding diaryl/α,β-unsaturated/α-hetero) is 1. The molecule has 3 aromatic rings. The highest BCUT2D eigenvalue weighted by Crippen LogP contribution is 2.44. The van der Waals surface area contributed by atoms with Crippen molar-refractivity contribution in [1.82, 2.24) is 0 Å². The van der Waals surface area contributed by atoms with Crippen molar-refractivity contribution in [3.8, 4) is 0 Å². The molecule has 2 N–H and O–H groups in total. The van der Waals surface area contributed by atoms with Crippen molar-refractivity contribution in [2.45, 2.75) is 31.7 Å². The van der Waals surface area contributed by atoms with Crippen molar-refractivity contribution in [3.63, 3.8) is 0 Å². The van der Waals surface area contributed by atoms with E-state index in [1.165, 1.54) is 0 Å². The van der Waals surface area contributed by atoms with Gasteiger partial charge >= 0.3 is 0 Å². The van der Waals surface area contributed by atoms with Gasteiger partial charge in [-0.25, -0.2) is 0 Å². The smallest absolute Gasteiger partial charge is 0.272 e. The molecule has 6 nitrogen and oxygen atoms in total. The number of ketones is 1. The first kappa shape index (κ1) is 20.0. The number of nitrogens with one attached hydrogen (secondary N) is 2. The molecule has 0 spiro atoms. The second-order valence-corrected chi connectivity index (χ2v) is 8.38. The lowest BCUT2D eigenvalue weighted by atomic mass is 9.78. The zero-order chi connectivity index (χ0) is 22.2. The van der Waals surface area contributed by atoms with Crippen molar-refractivity contribution in [3.05, 3.63) is 111 Å². The number of hydrogen-bond acceptors (Lipinski definition) is 5. The van der Waals surface area contributed by atoms with Gasteiger partial charge in [0.05, 0.1) is 22.3 Å². The van der Waals surface area contributed by atoms with E-state index < -0.39 is 6.04 Å². The summed E-state index contributed by atoms with van der Waals surface area (Å²) in [5.74, 6) is 0.148. The Hall–Kier alpha value is -3.93. The zero-order valence-corrected chi connectivity index (χ0v) is 17.7. The topological polar surface area (TPSA) is 84.3 Å². The molecule has 0 radical (unpaired) electrons. The van der Waals surface area contributed by atoms with Crippen LogP contribution in [0.1, 0.15) is 41.5 Å². The normalized spacial score (nSPS) is 19.8. The molecular formula is C26H23N3O3. The van der Waals surface area contributed by atoms with Crippen LogP contribution in [0.5, 0.6) is 0 Å². The molecule has 0 fully saturated rings. The number of rotatable bonds is 3. The molecule has 160 valence electrons. The van der Waals surface area contributed by atoms with E-state index in [0.29, 0.717) is 29.5 Å². The third-order valence-electron chi connectivity index (χ3n) is 6.34. The number of benzene rings is 3. The molecule has 3 aromatic carbocycles. The van der Waals surface area contributed by atoms with Crippen LogP contribution in [0, 0.1) is 17.0 Å². The van der Waals surface area contributed by atoms with E-state index in [4.69, 9.17) is 0 Å². The number of fused-ring (bicyclic) bond motifs is 1. The fraction of sp³-hybridized carbons (Fsp3) is 0.192. The van der Waals surface area contributed by atoms with Gasteiger partial charge in [-0.1, -0.05) is 54.6 Å². The third-order valence-corrected chi connectivity index (χ3v) is 6.34. The quantitative estimate of drug-likeness (QED) is 0.404. The van der Waals surface area contributed by atoms with Gasteiger partial charge in [0.25, 0.3) is 5.69 Å². The minimum atomic E-state index is -0.468. The largest absolute Gasteiger partial charge is 0.372 e. The maximum Gasteiger partial charge on any atom is 0.272 e. The molecule has 5 rings (SSSR count). The molecular weight excluding hydrogens is 402 g/mol. The predicted octanol–water partition coefficient (Wildman–Crippen LogP) is 5.88. The maximum atomic E-state index is 13.5. The summed E-state index contributed by atoms with van der Waals surface area (Å²) in [4.78, 5) is 24.7. The van der Waals surface area contributed by atoms with E-state index in [9.17, 15) is 14.9 Å². The highest BCUT2D eigenvalue weighted by atomic mass is 16.6. The maximum absolute atomic E-state index is 13.5. The molecule has 1 aliphatic heterocycles. The number of allylic oxidation sites excluding steroid dienone is 1. The lowest BCUT2D eigenvalue weighted by molar-refractivity contribution is -0.385. The number of para-hydroxylation sites is 2. The predicted molar refractivity (Wildman–Crippen MR) is 125 cm³/mol. The number of nitro groups is 1. The summed E-state index contributed by atoms with van der Waals surface area (Å²) < 4.78 is 0. The lowest BCUT2D eigenvalue weighted by Gasteiger charge is -2.30. The standard InChI is InChI=1S/C26H23N3O3/c1-16-11-12-18(14-23(16)29(31)32)26-25-22(27-20-9-5-6-10-21(20)28-26)13-19(15-24(25)30)17-7-3-2-4-8-17/h2-12,14,19,26-28H,13,15H2,1H3/t19-,26-/m1/s1. The van der Waals surface area contributed by atoms with Crippen LogP contribution < -0.4 is 10.6 Å². The van der Waals surface area contributed by atoms with Gasteiger partial charge in [-0.15, -0.1) is 0 Å². The van der Waals surface area contributed by atoms with Crippen molar-refractivity contribution in [1.29, 1.82) is 0 Å². The monoisotopic (exact) mass is 425 g/mol. The molecule has 2 atom stereocenters. The van der Waals surface area contributed by atoms with E-state index in [-0.39, 0.29) is 22.3 Å². The number of nitrogens with zero attached hydrogens (tertiary/aromatic N) is 1. The fourth-order valence-corrected chi connectivity index (χ4v) is 4.71. The first-order valence-electron chi connectivity index (χ1n) is 10.7. The van der Waals surface area contributed by atoms with Crippen molar-refractivity contribution >= 4 is 22.8 Å². The van der Waals surface area contributed by atoms with E-state index in [1.807, 2.05) is 48.5 Å². The Morgan fingerprint density at radius 3 is 2.38 bits per heavy atom. The Morgan fingerprint density at radius 2 is 1.62 bits per heavy atom. The summed E-state index contributed by atoms with van der Waals surface area (Å²) >= 11 is 0. The van der Waals surface area contributed by atoms with E-state index in [2.05, 4.69) is 22.8 Å². The van der Waals surface area contributed by atoms with Gasteiger partial charge in [-0.2, -0.15) is 0 Å². The molecule has 0 bridgehead atoms. The number of carbonyl (C=O) groups is 1. The number of carbonyl (C=O) groups excluding carboxylic acids is 1. The third kappa shape index (κ3) is 3.54. The second kappa shape index (κ2) is 7.96. The van der Waals surface area contributed by atoms with Gasteiger partial charge in [0.2, 0.25) is 0 Å². The molecule has 0 aromatic heterocycles. The van der Waals surface area contributed by atoms with Crippen molar-refractivity contribution < 1.29 is 9.72 Å². The summed E-state index contributed by atoms with van der Waals surface area (Å²) in [7, 11) is 0. The van der Waals surface area contributed by atoms with Crippen LogP contribution in [0.15, 0.2) is 84.1 Å². The Morgan fingerprint density at radius 1 is 0.906 bits per heavy atom. The summed E-state index contributed by atoms with van der Waals surface area (Å²) in [6, 6.07) is 22.6. The van der Waals surface area contributed by atoms with Crippen LogP contribution in [0.2, 0.25) is 0 Å². The van der Waals surface area contributed by atoms with Crippen LogP contribution in [-0.4, -0.2) is 10.7 Å². The Kier molecular flexibility index (Phi) is 4.98. The fourth-order valence-electron chi connectivity index (χ4n) is 4.71. The minimum Gasteiger partial charge on any atom is -0.372 e. The SMILES string of the molecule is Cc1ccc([C@H]2Nc3ccccc3NC3=C2C(=O)C[C@H](c2ccccc2)C3)cc1[N+](=O)[O-]. The highest BCUT2D eigenvalue weighted by molar-refractivity contribution is 6.01. The molecule has 2 aliphatic rings. The van der Waals surface area contributed by atoms with Crippen LogP contribution >= 0.6 is 0 Å². The minimum absolute atomic E-state index is 0.0566. The van der Waals surface area contributed by atoms with Crippen LogP contribution in [0.25, 0.3) is 0 Å². The Labute approximate surface area is 186 Å². The van der Waals surface area contributed by atoms with Gasteiger partial charge in [-0.05, 0) is 42.5 Å². The average Bonchev–Trinajstić information content (AvgIpc) is 2.96. The summed E-state index contributed by atoms with van der Waals surface area (Å²) in [5.41, 5.74) is 5.79. The summed E-state index contributed by atoms with van der Waals surface area (Å²) in [5, 5.41) is 18.5. The molecule has 6 heteroatoms. The van der Waals surface area contributed by atoms with Gasteiger partial charge in [0.15, 0.2) is 5.78 Å². The van der Waals surface area contributed by atoms with E-state index in [1.54, 1.807) is 19.1 Å². The molecule has 0 saturated carbocycles. The number of anilines is 2. The second-order valence-electron chi connectivity index (χ2n) is 8.38. The van der Waals surface area contributed by atoms with Crippen molar-refractivity contribution in [2.75, 3.05) is 10.6 Å². The lowest BCUT2D eigenvalue weighted by Crippen LogP contribution is -2.27. The van der Waals surface area contributed by atoms with Gasteiger partial charge in [0.1, 0.15) is 0 Å². The van der Waals surface area contributed by atoms with E-state index in [0.717, 1.165) is 22.6 Å². The van der Waals surface area contributed by atoms with Gasteiger partial charge in [-0.3, -0.25) is 14.9 Å². The van der Waals surface area contributed by atoms with Crippen LogP contribution in [0.3, 0.4) is 0 Å². The van der Waals surface area contributed by atoms with Gasteiger partial charge < -0.3 is 10.6 Å².